The summed E-state index contributed by atoms with van der Waals surface area (Å²) in [6, 6.07) is 4.52. The number of hydrogen-bond acceptors (Lipinski definition) is 4. The maximum absolute atomic E-state index is 11.8. The number of rotatable bonds is 4. The van der Waals surface area contributed by atoms with E-state index in [1.165, 1.54) is 13.2 Å². The first-order valence-electron chi connectivity index (χ1n) is 4.69. The third-order valence-corrected chi connectivity index (χ3v) is 3.85. The summed E-state index contributed by atoms with van der Waals surface area (Å²) < 4.78 is 30.2. The number of carbonyl (C=O) groups excluding carboxylic acids is 1. The minimum atomic E-state index is -3.75. The number of nitrogens with one attached hydrogen (secondary N) is 1. The van der Waals surface area contributed by atoms with Crippen LogP contribution in [0.15, 0.2) is 23.1 Å². The van der Waals surface area contributed by atoms with Crippen LogP contribution in [0.4, 0.5) is 0 Å². The van der Waals surface area contributed by atoms with Gasteiger partial charge in [0.25, 0.3) is 0 Å². The highest BCUT2D eigenvalue weighted by Crippen LogP contribution is 2.19. The Kier molecular flexibility index (Phi) is 4.50. The maximum atomic E-state index is 11.8. The predicted octanol–water partition coefficient (Wildman–Crippen LogP) is 1.10. The van der Waals surface area contributed by atoms with Gasteiger partial charge in [0.15, 0.2) is 0 Å². The standard InChI is InChI=1S/C10H12ClNO4S/c1-7-3-4-8(11)5-9(7)17(14,15)12-6-10(13)16-2/h3-5,12H,6H2,1-2H3. The summed E-state index contributed by atoms with van der Waals surface area (Å²) in [4.78, 5) is 10.9. The molecule has 7 heteroatoms. The van der Waals surface area contributed by atoms with Crippen LogP contribution in [0, 0.1) is 6.92 Å². The number of carbonyl (C=O) groups is 1. The fraction of sp³-hybridized carbons (Fsp3) is 0.300. The summed E-state index contributed by atoms with van der Waals surface area (Å²) in [6.45, 7) is 1.23. The number of ether oxygens (including phenoxy) is 1. The molecule has 0 aliphatic rings. The molecule has 94 valence electrons. The van der Waals surface area contributed by atoms with Crippen molar-refractivity contribution >= 4 is 27.6 Å². The van der Waals surface area contributed by atoms with Gasteiger partial charge in [0.1, 0.15) is 6.54 Å². The van der Waals surface area contributed by atoms with Crippen LogP contribution in [0.25, 0.3) is 0 Å². The average Bonchev–Trinajstić information content (AvgIpc) is 2.29. The van der Waals surface area contributed by atoms with E-state index in [-0.39, 0.29) is 4.90 Å². The Hall–Kier alpha value is -1.11. The van der Waals surface area contributed by atoms with Gasteiger partial charge in [0.2, 0.25) is 10.0 Å². The van der Waals surface area contributed by atoms with E-state index in [1.54, 1.807) is 19.1 Å². The third-order valence-electron chi connectivity index (χ3n) is 2.07. The Morgan fingerprint density at radius 2 is 2.12 bits per heavy atom. The zero-order valence-corrected chi connectivity index (χ0v) is 10.9. The predicted molar refractivity (Wildman–Crippen MR) is 63.4 cm³/mol. The Morgan fingerprint density at radius 3 is 2.71 bits per heavy atom. The lowest BCUT2D eigenvalue weighted by molar-refractivity contribution is -0.139. The van der Waals surface area contributed by atoms with Crippen molar-refractivity contribution in [2.24, 2.45) is 0 Å². The van der Waals surface area contributed by atoms with Crippen molar-refractivity contribution in [2.75, 3.05) is 13.7 Å². The van der Waals surface area contributed by atoms with Gasteiger partial charge in [-0.05, 0) is 24.6 Å². The van der Waals surface area contributed by atoms with E-state index in [2.05, 4.69) is 9.46 Å². The van der Waals surface area contributed by atoms with Gasteiger partial charge in [-0.1, -0.05) is 17.7 Å². The fourth-order valence-corrected chi connectivity index (χ4v) is 2.64. The summed E-state index contributed by atoms with van der Waals surface area (Å²) in [7, 11) is -2.57. The van der Waals surface area contributed by atoms with E-state index >= 15 is 0 Å². The molecule has 0 unspecified atom stereocenters. The molecule has 0 bridgehead atoms. The Balaban J connectivity index is 2.97. The Morgan fingerprint density at radius 1 is 1.47 bits per heavy atom. The lowest BCUT2D eigenvalue weighted by atomic mass is 10.2. The number of benzene rings is 1. The van der Waals surface area contributed by atoms with Crippen molar-refractivity contribution in [3.63, 3.8) is 0 Å². The highest BCUT2D eigenvalue weighted by atomic mass is 35.5. The van der Waals surface area contributed by atoms with Gasteiger partial charge in [-0.2, -0.15) is 4.72 Å². The average molecular weight is 278 g/mol. The molecular weight excluding hydrogens is 266 g/mol. The number of sulfonamides is 1. The van der Waals surface area contributed by atoms with E-state index in [4.69, 9.17) is 11.6 Å². The van der Waals surface area contributed by atoms with Crippen molar-refractivity contribution in [1.82, 2.24) is 4.72 Å². The largest absolute Gasteiger partial charge is 0.468 e. The lowest BCUT2D eigenvalue weighted by Crippen LogP contribution is -2.30. The molecule has 0 fully saturated rings. The molecule has 17 heavy (non-hydrogen) atoms. The molecule has 0 aromatic heterocycles. The highest BCUT2D eigenvalue weighted by molar-refractivity contribution is 7.89. The SMILES string of the molecule is COC(=O)CNS(=O)(=O)c1cc(Cl)ccc1C. The molecule has 0 aliphatic carbocycles. The maximum Gasteiger partial charge on any atom is 0.320 e. The second-order valence-corrected chi connectivity index (χ2v) is 5.48. The molecule has 0 aliphatic heterocycles. The monoisotopic (exact) mass is 277 g/mol. The van der Waals surface area contributed by atoms with Crippen LogP contribution < -0.4 is 4.72 Å². The van der Waals surface area contributed by atoms with Crippen molar-refractivity contribution < 1.29 is 17.9 Å². The van der Waals surface area contributed by atoms with Gasteiger partial charge < -0.3 is 4.74 Å². The number of halogens is 1. The molecule has 1 aromatic rings. The molecule has 1 N–H and O–H groups in total. The van der Waals surface area contributed by atoms with E-state index in [0.29, 0.717) is 10.6 Å². The third kappa shape index (κ3) is 3.69. The van der Waals surface area contributed by atoms with Crippen molar-refractivity contribution in [3.8, 4) is 0 Å². The molecule has 0 amide bonds. The highest BCUT2D eigenvalue weighted by Gasteiger charge is 2.18. The molecule has 0 heterocycles. The van der Waals surface area contributed by atoms with Crippen LogP contribution in [0.2, 0.25) is 5.02 Å². The summed E-state index contributed by atoms with van der Waals surface area (Å²) in [6.07, 6.45) is 0. The van der Waals surface area contributed by atoms with E-state index in [1.807, 2.05) is 0 Å². The molecule has 0 radical (unpaired) electrons. The molecule has 0 atom stereocenters. The second-order valence-electron chi connectivity index (χ2n) is 3.31. The van der Waals surface area contributed by atoms with Crippen molar-refractivity contribution in [3.05, 3.63) is 28.8 Å². The first kappa shape index (κ1) is 14.0. The lowest BCUT2D eigenvalue weighted by Gasteiger charge is -2.08. The number of aryl methyl sites for hydroxylation is 1. The number of hydrogen-bond donors (Lipinski definition) is 1. The second kappa shape index (κ2) is 5.48. The van der Waals surface area contributed by atoms with Crippen LogP contribution in [0.5, 0.6) is 0 Å². The quantitative estimate of drug-likeness (QED) is 0.837. The van der Waals surface area contributed by atoms with E-state index in [9.17, 15) is 13.2 Å². The van der Waals surface area contributed by atoms with Crippen LogP contribution in [0.1, 0.15) is 5.56 Å². The topological polar surface area (TPSA) is 72.5 Å². The summed E-state index contributed by atoms with van der Waals surface area (Å²) in [5.74, 6) is -0.659. The van der Waals surface area contributed by atoms with Crippen LogP contribution in [0.3, 0.4) is 0 Å². The van der Waals surface area contributed by atoms with Gasteiger partial charge in [0, 0.05) is 5.02 Å². The first-order valence-corrected chi connectivity index (χ1v) is 6.55. The summed E-state index contributed by atoms with van der Waals surface area (Å²) >= 11 is 5.73. The molecule has 5 nitrogen and oxygen atoms in total. The minimum Gasteiger partial charge on any atom is -0.468 e. The van der Waals surface area contributed by atoms with Crippen LogP contribution in [-0.2, 0) is 19.6 Å². The van der Waals surface area contributed by atoms with Crippen molar-refractivity contribution in [1.29, 1.82) is 0 Å². The van der Waals surface area contributed by atoms with Gasteiger partial charge in [-0.25, -0.2) is 8.42 Å². The van der Waals surface area contributed by atoms with Gasteiger partial charge >= 0.3 is 5.97 Å². The summed E-state index contributed by atoms with van der Waals surface area (Å²) in [5.41, 5.74) is 0.548. The van der Waals surface area contributed by atoms with Crippen LogP contribution in [-0.4, -0.2) is 28.0 Å². The molecule has 0 saturated carbocycles. The Labute approximate surface area is 105 Å². The molecule has 0 spiro atoms. The van der Waals surface area contributed by atoms with E-state index < -0.39 is 22.5 Å². The molecule has 0 saturated heterocycles. The number of methoxy groups -OCH3 is 1. The van der Waals surface area contributed by atoms with E-state index in [0.717, 1.165) is 0 Å². The zero-order chi connectivity index (χ0) is 13.1. The fourth-order valence-electron chi connectivity index (χ4n) is 1.17. The zero-order valence-electron chi connectivity index (χ0n) is 9.36. The first-order chi connectivity index (χ1) is 7.86. The summed E-state index contributed by atoms with van der Waals surface area (Å²) in [5, 5.41) is 0.314. The van der Waals surface area contributed by atoms with Crippen LogP contribution >= 0.6 is 11.6 Å². The minimum absolute atomic E-state index is 0.0499. The van der Waals surface area contributed by atoms with Gasteiger partial charge in [-0.15, -0.1) is 0 Å². The smallest absolute Gasteiger partial charge is 0.320 e. The van der Waals surface area contributed by atoms with Gasteiger partial charge in [0.05, 0.1) is 12.0 Å². The normalized spacial score (nSPS) is 11.2. The molecule has 1 rings (SSSR count). The number of esters is 1. The van der Waals surface area contributed by atoms with Crippen molar-refractivity contribution in [2.45, 2.75) is 11.8 Å². The molecule has 1 aromatic carbocycles. The Bertz CT molecular complexity index is 527. The molecular formula is C10H12ClNO4S. The van der Waals surface area contributed by atoms with Gasteiger partial charge in [-0.3, -0.25) is 4.79 Å².